The number of aliphatic hydroxyl groups is 1. The van der Waals surface area contributed by atoms with Crippen LogP contribution in [0.4, 0.5) is 5.82 Å². The first kappa shape index (κ1) is 25.3. The number of carbonyl (C=O) groups excluding carboxylic acids is 1. The average Bonchev–Trinajstić information content (AvgIpc) is 2.83. The van der Waals surface area contributed by atoms with Gasteiger partial charge in [-0.1, -0.05) is 6.92 Å². The summed E-state index contributed by atoms with van der Waals surface area (Å²) in [5.74, 6) is 1.39. The van der Waals surface area contributed by atoms with E-state index in [-0.39, 0.29) is 17.9 Å². The maximum Gasteiger partial charge on any atom is 0.309 e. The van der Waals surface area contributed by atoms with Crippen molar-refractivity contribution in [3.63, 3.8) is 0 Å². The second-order valence-corrected chi connectivity index (χ2v) is 12.4. The van der Waals surface area contributed by atoms with Crippen LogP contribution in [0.3, 0.4) is 0 Å². The molecule has 0 radical (unpaired) electrons. The van der Waals surface area contributed by atoms with E-state index in [9.17, 15) is 19.8 Å². The summed E-state index contributed by atoms with van der Waals surface area (Å²) in [4.78, 5) is 32.2. The maximum absolute atomic E-state index is 13.5. The number of hydrogen-bond donors (Lipinski definition) is 3. The second-order valence-electron chi connectivity index (χ2n) is 12.4. The molecule has 1 amide bonds. The van der Waals surface area contributed by atoms with Gasteiger partial charge in [0.1, 0.15) is 11.4 Å². The molecule has 5 fully saturated rings. The van der Waals surface area contributed by atoms with Crippen LogP contribution in [0.2, 0.25) is 0 Å². The minimum absolute atomic E-state index is 0.0141. The number of nitrogens with zero attached hydrogens (tertiary/aromatic N) is 2. The predicted octanol–water partition coefficient (Wildman–Crippen LogP) is 3.87. The first-order valence-electron chi connectivity index (χ1n) is 13.7. The molecule has 198 valence electrons. The maximum atomic E-state index is 13.5. The van der Waals surface area contributed by atoms with E-state index in [4.69, 9.17) is 9.72 Å². The van der Waals surface area contributed by atoms with Crippen LogP contribution in [0, 0.1) is 29.1 Å². The van der Waals surface area contributed by atoms with Crippen molar-refractivity contribution in [1.29, 1.82) is 0 Å². The van der Waals surface area contributed by atoms with E-state index in [1.54, 1.807) is 19.9 Å². The van der Waals surface area contributed by atoms with Gasteiger partial charge in [-0.3, -0.25) is 9.59 Å². The Bertz CT molecular complexity index is 995. The standard InChI is InChI=1S/C28H41N3O5/c1-4-10-36-25-21(24(32)30-23-18-11-17-12-19(23)15-28(35,13-17)14-18)7-8-22(29-25)31-9-5-6-20(16-31)27(2,3)26(33)34/h7-8,17-20,23,35H,4-6,9-16H2,1-3H3,(H,30,32)(H,33,34)/t17?,18?,19?,20?,23-,28-. The number of carbonyl (C=O) groups is 2. The molecule has 2 heterocycles. The molecule has 1 aliphatic heterocycles. The normalized spacial score (nSPS) is 33.4. The predicted molar refractivity (Wildman–Crippen MR) is 136 cm³/mol. The zero-order chi connectivity index (χ0) is 25.7. The van der Waals surface area contributed by atoms with Crippen LogP contribution in [-0.2, 0) is 4.79 Å². The summed E-state index contributed by atoms with van der Waals surface area (Å²) in [6.07, 6.45) is 7.23. The van der Waals surface area contributed by atoms with Gasteiger partial charge in [0.15, 0.2) is 0 Å². The lowest BCUT2D eigenvalue weighted by molar-refractivity contribution is -0.150. The van der Waals surface area contributed by atoms with Crippen LogP contribution < -0.4 is 15.0 Å². The number of carboxylic acid groups (broad SMARTS) is 1. The van der Waals surface area contributed by atoms with E-state index < -0.39 is 17.0 Å². The third-order valence-electron chi connectivity index (χ3n) is 9.39. The Morgan fingerprint density at radius 2 is 1.94 bits per heavy atom. The summed E-state index contributed by atoms with van der Waals surface area (Å²) in [5.41, 5.74) is -0.900. The van der Waals surface area contributed by atoms with Gasteiger partial charge >= 0.3 is 5.97 Å². The van der Waals surface area contributed by atoms with Crippen LogP contribution in [0.25, 0.3) is 0 Å². The Hall–Kier alpha value is -2.35. The molecule has 3 N–H and O–H groups in total. The van der Waals surface area contributed by atoms with Gasteiger partial charge in [-0.15, -0.1) is 0 Å². The van der Waals surface area contributed by atoms with Crippen molar-refractivity contribution in [2.45, 2.75) is 83.8 Å². The molecule has 36 heavy (non-hydrogen) atoms. The zero-order valence-corrected chi connectivity index (χ0v) is 21.8. The van der Waals surface area contributed by atoms with Gasteiger partial charge in [0, 0.05) is 19.1 Å². The van der Waals surface area contributed by atoms with Gasteiger partial charge in [0.2, 0.25) is 5.88 Å². The SMILES string of the molecule is CCCOc1nc(N2CCCC(C(C)(C)C(=O)O)C2)ccc1C(=O)N[C@H]1C2CC3CC1C[C@](O)(C3)C2. The number of aliphatic carboxylic acids is 1. The summed E-state index contributed by atoms with van der Waals surface area (Å²) >= 11 is 0. The molecule has 8 heteroatoms. The highest BCUT2D eigenvalue weighted by atomic mass is 16.5. The average molecular weight is 500 g/mol. The summed E-state index contributed by atoms with van der Waals surface area (Å²) in [5, 5.41) is 23.9. The fraction of sp³-hybridized carbons (Fsp3) is 0.750. The van der Waals surface area contributed by atoms with Gasteiger partial charge in [0.05, 0.1) is 17.6 Å². The Labute approximate surface area is 213 Å². The number of pyridine rings is 1. The van der Waals surface area contributed by atoms with Gasteiger partial charge in [-0.05, 0) is 101 Å². The number of piperidine rings is 1. The number of anilines is 1. The Kier molecular flexibility index (Phi) is 6.68. The molecule has 1 aromatic rings. The molecule has 3 atom stereocenters. The van der Waals surface area contributed by atoms with Crippen LogP contribution in [0.1, 0.15) is 82.5 Å². The van der Waals surface area contributed by atoms with E-state index >= 15 is 0 Å². The third kappa shape index (κ3) is 4.69. The van der Waals surface area contributed by atoms with Crippen molar-refractivity contribution < 1.29 is 24.5 Å². The number of carboxylic acids is 1. The first-order valence-corrected chi connectivity index (χ1v) is 13.7. The van der Waals surface area contributed by atoms with E-state index in [0.717, 1.165) is 63.7 Å². The minimum atomic E-state index is -0.814. The lowest BCUT2D eigenvalue weighted by Crippen LogP contribution is -2.61. The molecule has 3 unspecified atom stereocenters. The highest BCUT2D eigenvalue weighted by Gasteiger charge is 2.55. The molecule has 1 aromatic heterocycles. The number of amides is 1. The van der Waals surface area contributed by atoms with Gasteiger partial charge in [0.25, 0.3) is 5.91 Å². The molecule has 0 aromatic carbocycles. The second kappa shape index (κ2) is 9.51. The smallest absolute Gasteiger partial charge is 0.309 e. The van der Waals surface area contributed by atoms with Crippen molar-refractivity contribution in [1.82, 2.24) is 10.3 Å². The molecule has 5 aliphatic rings. The quantitative estimate of drug-likeness (QED) is 0.498. The molecule has 8 nitrogen and oxygen atoms in total. The summed E-state index contributed by atoms with van der Waals surface area (Å²) in [6.45, 7) is 7.49. The molecule has 4 saturated carbocycles. The lowest BCUT2D eigenvalue weighted by atomic mass is 9.52. The number of rotatable bonds is 8. The van der Waals surface area contributed by atoms with E-state index in [1.807, 2.05) is 13.0 Å². The largest absolute Gasteiger partial charge is 0.481 e. The molecule has 0 spiro atoms. The summed E-state index contributed by atoms with van der Waals surface area (Å²) in [7, 11) is 0. The van der Waals surface area contributed by atoms with Gasteiger partial charge in [-0.2, -0.15) is 4.98 Å². The fourth-order valence-corrected chi connectivity index (χ4v) is 7.48. The van der Waals surface area contributed by atoms with Crippen molar-refractivity contribution in [3.05, 3.63) is 17.7 Å². The van der Waals surface area contributed by atoms with Crippen molar-refractivity contribution >= 4 is 17.7 Å². The van der Waals surface area contributed by atoms with E-state index in [0.29, 0.717) is 42.3 Å². The molecular weight excluding hydrogens is 458 g/mol. The minimum Gasteiger partial charge on any atom is -0.481 e. The number of aromatic nitrogens is 1. The highest BCUT2D eigenvalue weighted by molar-refractivity contribution is 5.97. The highest BCUT2D eigenvalue weighted by Crippen LogP contribution is 2.55. The molecular formula is C28H41N3O5. The molecule has 4 bridgehead atoms. The summed E-state index contributed by atoms with van der Waals surface area (Å²) in [6, 6.07) is 3.76. The third-order valence-corrected chi connectivity index (χ3v) is 9.39. The van der Waals surface area contributed by atoms with Crippen LogP contribution >= 0.6 is 0 Å². The van der Waals surface area contributed by atoms with E-state index in [1.165, 1.54) is 0 Å². The monoisotopic (exact) mass is 499 g/mol. The first-order chi connectivity index (χ1) is 17.1. The van der Waals surface area contributed by atoms with Crippen LogP contribution in [-0.4, -0.2) is 58.4 Å². The lowest BCUT2D eigenvalue weighted by Gasteiger charge is -2.58. The van der Waals surface area contributed by atoms with Crippen molar-refractivity contribution in [3.8, 4) is 5.88 Å². The Balaban J connectivity index is 1.33. The van der Waals surface area contributed by atoms with Crippen LogP contribution in [0.5, 0.6) is 5.88 Å². The summed E-state index contributed by atoms with van der Waals surface area (Å²) < 4.78 is 5.96. The topological polar surface area (TPSA) is 112 Å². The molecule has 6 rings (SSSR count). The molecule has 1 saturated heterocycles. The Morgan fingerprint density at radius 3 is 2.58 bits per heavy atom. The van der Waals surface area contributed by atoms with Crippen molar-refractivity contribution in [2.24, 2.45) is 29.1 Å². The van der Waals surface area contributed by atoms with Crippen LogP contribution in [0.15, 0.2) is 12.1 Å². The Morgan fingerprint density at radius 1 is 1.22 bits per heavy atom. The van der Waals surface area contributed by atoms with Crippen molar-refractivity contribution in [2.75, 3.05) is 24.6 Å². The van der Waals surface area contributed by atoms with Gasteiger partial charge in [-0.25, -0.2) is 0 Å². The fourth-order valence-electron chi connectivity index (χ4n) is 7.48. The number of nitrogens with one attached hydrogen (secondary N) is 1. The van der Waals surface area contributed by atoms with Gasteiger partial charge < -0.3 is 25.2 Å². The zero-order valence-electron chi connectivity index (χ0n) is 21.8. The number of ether oxygens (including phenoxy) is 1. The number of hydrogen-bond acceptors (Lipinski definition) is 6. The molecule has 4 aliphatic carbocycles. The van der Waals surface area contributed by atoms with E-state index in [2.05, 4.69) is 10.2 Å².